The number of benzene rings is 1. The Morgan fingerprint density at radius 3 is 2.18 bits per heavy atom. The minimum Gasteiger partial charge on any atom is -0.394 e. The highest BCUT2D eigenvalue weighted by molar-refractivity contribution is 7.89. The van der Waals surface area contributed by atoms with Crippen molar-refractivity contribution in [1.82, 2.24) is 4.72 Å². The number of hydrogen-bond donors (Lipinski definition) is 2. The Labute approximate surface area is 111 Å². The Hall–Kier alpha value is -0.330. The van der Waals surface area contributed by atoms with E-state index in [1.54, 1.807) is 19.9 Å². The fourth-order valence-corrected chi connectivity index (χ4v) is 3.74. The predicted octanol–water partition coefficient (Wildman–Crippen LogP) is 2.04. The van der Waals surface area contributed by atoms with Gasteiger partial charge in [0.1, 0.15) is 4.90 Å². The quantitative estimate of drug-likeness (QED) is 0.894. The van der Waals surface area contributed by atoms with Crippen LogP contribution >= 0.6 is 23.2 Å². The fourth-order valence-electron chi connectivity index (χ4n) is 1.19. The Balaban J connectivity index is 3.24. The van der Waals surface area contributed by atoms with Gasteiger partial charge in [0.05, 0.1) is 22.2 Å². The van der Waals surface area contributed by atoms with E-state index in [4.69, 9.17) is 28.3 Å². The van der Waals surface area contributed by atoms with Gasteiger partial charge in [-0.3, -0.25) is 0 Å². The highest BCUT2D eigenvalue weighted by atomic mass is 35.5. The molecule has 0 radical (unpaired) electrons. The van der Waals surface area contributed by atoms with Crippen LogP contribution in [0.5, 0.6) is 0 Å². The van der Waals surface area contributed by atoms with Crippen LogP contribution in [0.25, 0.3) is 0 Å². The van der Waals surface area contributed by atoms with E-state index in [1.807, 2.05) is 0 Å². The smallest absolute Gasteiger partial charge is 0.244 e. The highest BCUT2D eigenvalue weighted by Crippen LogP contribution is 2.29. The molecule has 0 amide bonds. The maximum atomic E-state index is 12.1. The van der Waals surface area contributed by atoms with Crippen LogP contribution in [0.4, 0.5) is 0 Å². The standard InChI is InChI=1S/C10H13Cl2NO3S/c1-10(2,6-14)13-17(15,16)9-7(11)4-3-5-8(9)12/h3-5,13-14H,6H2,1-2H3. The predicted molar refractivity (Wildman–Crippen MR) is 67.9 cm³/mol. The van der Waals surface area contributed by atoms with Gasteiger partial charge in [-0.25, -0.2) is 13.1 Å². The average molecular weight is 298 g/mol. The molecule has 0 aliphatic carbocycles. The largest absolute Gasteiger partial charge is 0.394 e. The number of hydrogen-bond acceptors (Lipinski definition) is 3. The molecule has 7 heteroatoms. The van der Waals surface area contributed by atoms with E-state index < -0.39 is 15.6 Å². The molecule has 96 valence electrons. The SMILES string of the molecule is CC(C)(CO)NS(=O)(=O)c1c(Cl)cccc1Cl. The molecular weight excluding hydrogens is 285 g/mol. The minimum absolute atomic E-state index is 0.0405. The van der Waals surface area contributed by atoms with Crippen LogP contribution in [0, 0.1) is 0 Å². The summed E-state index contributed by atoms with van der Waals surface area (Å²) in [6.07, 6.45) is 0. The first-order valence-electron chi connectivity index (χ1n) is 4.78. The van der Waals surface area contributed by atoms with E-state index in [9.17, 15) is 8.42 Å². The van der Waals surface area contributed by atoms with Crippen molar-refractivity contribution >= 4 is 33.2 Å². The highest BCUT2D eigenvalue weighted by Gasteiger charge is 2.28. The number of rotatable bonds is 4. The third kappa shape index (κ3) is 3.56. The first-order valence-corrected chi connectivity index (χ1v) is 7.02. The summed E-state index contributed by atoms with van der Waals surface area (Å²) in [4.78, 5) is -0.176. The molecule has 0 aliphatic heterocycles. The van der Waals surface area contributed by atoms with E-state index >= 15 is 0 Å². The first kappa shape index (κ1) is 14.7. The molecule has 4 nitrogen and oxygen atoms in total. The summed E-state index contributed by atoms with van der Waals surface area (Å²) >= 11 is 11.6. The molecule has 17 heavy (non-hydrogen) atoms. The monoisotopic (exact) mass is 297 g/mol. The molecule has 1 aromatic carbocycles. The molecule has 1 rings (SSSR count). The van der Waals surface area contributed by atoms with Crippen molar-refractivity contribution in [2.75, 3.05) is 6.61 Å². The summed E-state index contributed by atoms with van der Waals surface area (Å²) in [5.41, 5.74) is -0.985. The second-order valence-corrected chi connectivity index (χ2v) is 6.63. The first-order chi connectivity index (χ1) is 7.69. The lowest BCUT2D eigenvalue weighted by Gasteiger charge is -2.23. The summed E-state index contributed by atoms with van der Waals surface area (Å²) in [5, 5.41) is 9.13. The molecule has 1 aromatic rings. The van der Waals surface area contributed by atoms with Crippen LogP contribution in [0.3, 0.4) is 0 Å². The zero-order chi connectivity index (χ0) is 13.3. The summed E-state index contributed by atoms with van der Waals surface area (Å²) in [6, 6.07) is 4.43. The van der Waals surface area contributed by atoms with Gasteiger partial charge >= 0.3 is 0 Å². The van der Waals surface area contributed by atoms with Gasteiger partial charge in [-0.1, -0.05) is 29.3 Å². The lowest BCUT2D eigenvalue weighted by Crippen LogP contribution is -2.46. The van der Waals surface area contributed by atoms with Gasteiger partial charge in [-0.2, -0.15) is 0 Å². The van der Waals surface area contributed by atoms with Crippen LogP contribution in [0.15, 0.2) is 23.1 Å². The van der Waals surface area contributed by atoms with Gasteiger partial charge in [0, 0.05) is 0 Å². The van der Waals surface area contributed by atoms with Crippen molar-refractivity contribution in [2.45, 2.75) is 24.3 Å². The topological polar surface area (TPSA) is 66.4 Å². The van der Waals surface area contributed by atoms with Crippen molar-refractivity contribution in [1.29, 1.82) is 0 Å². The molecule has 0 saturated carbocycles. The minimum atomic E-state index is -3.87. The fraction of sp³-hybridized carbons (Fsp3) is 0.400. The number of aliphatic hydroxyl groups is 1. The molecule has 0 aliphatic rings. The van der Waals surface area contributed by atoms with Gasteiger partial charge in [0.15, 0.2) is 0 Å². The Morgan fingerprint density at radius 1 is 1.29 bits per heavy atom. The van der Waals surface area contributed by atoms with Crippen LogP contribution in [0.2, 0.25) is 10.0 Å². The molecule has 0 fully saturated rings. The summed E-state index contributed by atoms with van der Waals surface area (Å²) in [5.74, 6) is 0. The number of nitrogens with one attached hydrogen (secondary N) is 1. The van der Waals surface area contributed by atoms with Gasteiger partial charge in [0.25, 0.3) is 0 Å². The van der Waals surface area contributed by atoms with E-state index in [0.29, 0.717) is 0 Å². The molecular formula is C10H13Cl2NO3S. The van der Waals surface area contributed by atoms with Gasteiger partial charge < -0.3 is 5.11 Å². The molecule has 0 bridgehead atoms. The van der Waals surface area contributed by atoms with E-state index in [1.165, 1.54) is 12.1 Å². The van der Waals surface area contributed by atoms with Crippen molar-refractivity contribution < 1.29 is 13.5 Å². The maximum Gasteiger partial charge on any atom is 0.244 e. The lowest BCUT2D eigenvalue weighted by molar-refractivity contribution is 0.208. The number of aliphatic hydroxyl groups excluding tert-OH is 1. The second-order valence-electron chi connectivity index (χ2n) is 4.20. The van der Waals surface area contributed by atoms with E-state index in [0.717, 1.165) is 0 Å². The second kappa shape index (κ2) is 5.12. The average Bonchev–Trinajstić information content (AvgIpc) is 2.15. The van der Waals surface area contributed by atoms with Crippen molar-refractivity contribution in [2.24, 2.45) is 0 Å². The van der Waals surface area contributed by atoms with Crippen molar-refractivity contribution in [3.8, 4) is 0 Å². The van der Waals surface area contributed by atoms with Gasteiger partial charge in [-0.05, 0) is 26.0 Å². The molecule has 0 aromatic heterocycles. The molecule has 0 heterocycles. The Bertz CT molecular complexity index is 494. The van der Waals surface area contributed by atoms with Crippen molar-refractivity contribution in [3.05, 3.63) is 28.2 Å². The Kier molecular flexibility index (Phi) is 4.43. The number of halogens is 2. The molecule has 0 saturated heterocycles. The van der Waals surface area contributed by atoms with E-state index in [2.05, 4.69) is 4.72 Å². The molecule has 0 unspecified atom stereocenters. The zero-order valence-corrected chi connectivity index (χ0v) is 11.7. The third-order valence-corrected chi connectivity index (χ3v) is 4.65. The molecule has 0 atom stereocenters. The lowest BCUT2D eigenvalue weighted by atomic mass is 10.1. The molecule has 2 N–H and O–H groups in total. The van der Waals surface area contributed by atoms with Crippen molar-refractivity contribution in [3.63, 3.8) is 0 Å². The van der Waals surface area contributed by atoms with Gasteiger partial charge in [0.2, 0.25) is 10.0 Å². The molecule has 0 spiro atoms. The number of sulfonamides is 1. The van der Waals surface area contributed by atoms with Crippen LogP contribution in [0.1, 0.15) is 13.8 Å². The van der Waals surface area contributed by atoms with Crippen LogP contribution < -0.4 is 4.72 Å². The summed E-state index contributed by atoms with van der Waals surface area (Å²) in [7, 11) is -3.87. The Morgan fingerprint density at radius 2 is 1.76 bits per heavy atom. The van der Waals surface area contributed by atoms with Crippen LogP contribution in [-0.2, 0) is 10.0 Å². The van der Waals surface area contributed by atoms with Gasteiger partial charge in [-0.15, -0.1) is 0 Å². The summed E-state index contributed by atoms with van der Waals surface area (Å²) < 4.78 is 26.4. The normalized spacial score (nSPS) is 12.8. The maximum absolute atomic E-state index is 12.1. The third-order valence-electron chi connectivity index (χ3n) is 1.99. The summed E-state index contributed by atoms with van der Waals surface area (Å²) in [6.45, 7) is 2.76. The van der Waals surface area contributed by atoms with E-state index in [-0.39, 0.29) is 21.5 Å². The van der Waals surface area contributed by atoms with Crippen LogP contribution in [-0.4, -0.2) is 25.7 Å². The zero-order valence-electron chi connectivity index (χ0n) is 9.37.